The molecule has 0 bridgehead atoms. The number of benzene rings is 1. The Labute approximate surface area is 104 Å². The third-order valence-electron chi connectivity index (χ3n) is 2.67. The summed E-state index contributed by atoms with van der Waals surface area (Å²) < 4.78 is 11.5. The zero-order valence-corrected chi connectivity index (χ0v) is 10.3. The summed E-state index contributed by atoms with van der Waals surface area (Å²) in [5.74, 6) is 0.235. The lowest BCUT2D eigenvalue weighted by molar-refractivity contribution is 0.0589. The van der Waals surface area contributed by atoms with E-state index in [0.717, 1.165) is 0 Å². The monoisotopic (exact) mass is 249 g/mol. The number of esters is 1. The number of hydrogen-bond acceptors (Lipinski definition) is 5. The standard InChI is InChI=1S/C12H15N3O3/c1-17-8-3-4-10-9(7-8)11(12(16)18-2)15(14-10)6-5-13/h3-4,7H,5-6,13H2,1-2H3. The summed E-state index contributed by atoms with van der Waals surface area (Å²) in [5.41, 5.74) is 6.62. The maximum absolute atomic E-state index is 11.8. The first-order chi connectivity index (χ1) is 8.71. The summed E-state index contributed by atoms with van der Waals surface area (Å²) >= 11 is 0. The van der Waals surface area contributed by atoms with E-state index in [0.29, 0.717) is 35.4 Å². The SMILES string of the molecule is COC(=O)c1c2cc(OC)ccc2nn1CCN. The Bertz CT molecular complexity index is 577. The number of rotatable bonds is 4. The van der Waals surface area contributed by atoms with Crippen LogP contribution in [0.3, 0.4) is 0 Å². The first-order valence-electron chi connectivity index (χ1n) is 5.54. The number of methoxy groups -OCH3 is 2. The largest absolute Gasteiger partial charge is 0.497 e. The average molecular weight is 249 g/mol. The van der Waals surface area contributed by atoms with Gasteiger partial charge in [-0.2, -0.15) is 5.10 Å². The molecular formula is C12H15N3O3. The summed E-state index contributed by atoms with van der Waals surface area (Å²) in [6, 6.07) is 5.36. The molecule has 6 heteroatoms. The molecule has 1 aromatic heterocycles. The van der Waals surface area contributed by atoms with Gasteiger partial charge in [0.1, 0.15) is 5.75 Å². The summed E-state index contributed by atoms with van der Waals surface area (Å²) in [7, 11) is 2.91. The van der Waals surface area contributed by atoms with Gasteiger partial charge in [0.2, 0.25) is 0 Å². The average Bonchev–Trinajstić information content (AvgIpc) is 2.75. The van der Waals surface area contributed by atoms with Gasteiger partial charge in [-0.1, -0.05) is 0 Å². The lowest BCUT2D eigenvalue weighted by Gasteiger charge is -2.04. The summed E-state index contributed by atoms with van der Waals surface area (Å²) in [6.45, 7) is 0.858. The van der Waals surface area contributed by atoms with Crippen LogP contribution in [0.15, 0.2) is 18.2 Å². The van der Waals surface area contributed by atoms with Crippen molar-refractivity contribution >= 4 is 16.9 Å². The van der Waals surface area contributed by atoms with Crippen LogP contribution in [-0.2, 0) is 11.3 Å². The van der Waals surface area contributed by atoms with Crippen LogP contribution in [0.1, 0.15) is 10.5 Å². The minimum Gasteiger partial charge on any atom is -0.497 e. The Morgan fingerprint density at radius 2 is 2.22 bits per heavy atom. The second-order valence-corrected chi connectivity index (χ2v) is 3.74. The van der Waals surface area contributed by atoms with Crippen molar-refractivity contribution < 1.29 is 14.3 Å². The van der Waals surface area contributed by atoms with Gasteiger partial charge in [-0.05, 0) is 18.2 Å². The third kappa shape index (κ3) is 2.02. The van der Waals surface area contributed by atoms with E-state index in [1.807, 2.05) is 0 Å². The molecule has 2 aromatic rings. The topological polar surface area (TPSA) is 79.4 Å². The highest BCUT2D eigenvalue weighted by atomic mass is 16.5. The first kappa shape index (κ1) is 12.4. The number of fused-ring (bicyclic) bond motifs is 1. The molecule has 0 aliphatic rings. The molecule has 0 saturated heterocycles. The highest BCUT2D eigenvalue weighted by Gasteiger charge is 2.19. The van der Waals surface area contributed by atoms with E-state index in [1.54, 1.807) is 30.0 Å². The predicted octanol–water partition coefficient (Wildman–Crippen LogP) is 0.790. The maximum atomic E-state index is 11.8. The highest BCUT2D eigenvalue weighted by Crippen LogP contribution is 2.24. The molecule has 0 unspecified atom stereocenters. The minimum atomic E-state index is -0.431. The summed E-state index contributed by atoms with van der Waals surface area (Å²) in [6.07, 6.45) is 0. The van der Waals surface area contributed by atoms with Crippen LogP contribution >= 0.6 is 0 Å². The molecule has 2 N–H and O–H groups in total. The molecule has 0 amide bonds. The number of aromatic nitrogens is 2. The highest BCUT2D eigenvalue weighted by molar-refractivity contribution is 6.02. The zero-order valence-electron chi connectivity index (χ0n) is 10.3. The van der Waals surface area contributed by atoms with Crippen molar-refractivity contribution in [2.75, 3.05) is 20.8 Å². The lowest BCUT2D eigenvalue weighted by atomic mass is 10.2. The molecule has 2 rings (SSSR count). The summed E-state index contributed by atoms with van der Waals surface area (Å²) in [4.78, 5) is 11.8. The van der Waals surface area contributed by atoms with Crippen molar-refractivity contribution in [1.82, 2.24) is 9.78 Å². The van der Waals surface area contributed by atoms with Crippen molar-refractivity contribution in [3.63, 3.8) is 0 Å². The molecule has 96 valence electrons. The number of nitrogens with zero attached hydrogens (tertiary/aromatic N) is 2. The zero-order chi connectivity index (χ0) is 13.1. The molecule has 0 fully saturated rings. The Morgan fingerprint density at radius 3 is 2.83 bits per heavy atom. The van der Waals surface area contributed by atoms with Gasteiger partial charge in [0.15, 0.2) is 5.69 Å². The molecular weight excluding hydrogens is 234 g/mol. The summed E-state index contributed by atoms with van der Waals surface area (Å²) in [5, 5.41) is 5.03. The number of ether oxygens (including phenoxy) is 2. The first-order valence-corrected chi connectivity index (χ1v) is 5.54. The van der Waals surface area contributed by atoms with Gasteiger partial charge in [-0.25, -0.2) is 4.79 Å². The molecule has 18 heavy (non-hydrogen) atoms. The Kier molecular flexibility index (Phi) is 3.47. The second-order valence-electron chi connectivity index (χ2n) is 3.74. The van der Waals surface area contributed by atoms with Crippen molar-refractivity contribution in [2.24, 2.45) is 5.73 Å². The smallest absolute Gasteiger partial charge is 0.356 e. The molecule has 0 spiro atoms. The lowest BCUT2D eigenvalue weighted by Crippen LogP contribution is -2.17. The van der Waals surface area contributed by atoms with E-state index in [4.69, 9.17) is 15.2 Å². The van der Waals surface area contributed by atoms with Crippen molar-refractivity contribution in [1.29, 1.82) is 0 Å². The Hall–Kier alpha value is -2.08. The van der Waals surface area contributed by atoms with E-state index in [2.05, 4.69) is 5.10 Å². The third-order valence-corrected chi connectivity index (χ3v) is 2.67. The van der Waals surface area contributed by atoms with Gasteiger partial charge >= 0.3 is 5.97 Å². The quantitative estimate of drug-likeness (QED) is 0.810. The van der Waals surface area contributed by atoms with Crippen LogP contribution in [0, 0.1) is 0 Å². The van der Waals surface area contributed by atoms with E-state index in [9.17, 15) is 4.79 Å². The van der Waals surface area contributed by atoms with Crippen molar-refractivity contribution in [2.45, 2.75) is 6.54 Å². The van der Waals surface area contributed by atoms with Crippen LogP contribution in [0.5, 0.6) is 5.75 Å². The molecule has 0 radical (unpaired) electrons. The van der Waals surface area contributed by atoms with Gasteiger partial charge in [0.05, 0.1) is 26.3 Å². The molecule has 0 aliphatic heterocycles. The Morgan fingerprint density at radius 1 is 1.44 bits per heavy atom. The van der Waals surface area contributed by atoms with Crippen LogP contribution in [0.2, 0.25) is 0 Å². The molecule has 0 saturated carbocycles. The van der Waals surface area contributed by atoms with E-state index < -0.39 is 5.97 Å². The molecule has 1 heterocycles. The number of carbonyl (C=O) groups is 1. The van der Waals surface area contributed by atoms with Crippen LogP contribution in [0.25, 0.3) is 10.9 Å². The fraction of sp³-hybridized carbons (Fsp3) is 0.333. The predicted molar refractivity (Wildman–Crippen MR) is 66.7 cm³/mol. The van der Waals surface area contributed by atoms with Gasteiger partial charge in [-0.3, -0.25) is 4.68 Å². The van der Waals surface area contributed by atoms with Gasteiger partial charge in [-0.15, -0.1) is 0 Å². The Balaban J connectivity index is 2.65. The van der Waals surface area contributed by atoms with Gasteiger partial charge < -0.3 is 15.2 Å². The molecule has 6 nitrogen and oxygen atoms in total. The fourth-order valence-corrected chi connectivity index (χ4v) is 1.83. The molecule has 1 aromatic carbocycles. The van der Waals surface area contributed by atoms with E-state index >= 15 is 0 Å². The second kappa shape index (κ2) is 5.05. The van der Waals surface area contributed by atoms with Crippen LogP contribution in [-0.4, -0.2) is 36.5 Å². The normalized spacial score (nSPS) is 10.6. The van der Waals surface area contributed by atoms with Gasteiger partial charge in [0, 0.05) is 11.9 Å². The van der Waals surface area contributed by atoms with Crippen LogP contribution < -0.4 is 10.5 Å². The molecule has 0 aliphatic carbocycles. The van der Waals surface area contributed by atoms with E-state index in [-0.39, 0.29) is 0 Å². The number of carbonyl (C=O) groups excluding carboxylic acids is 1. The van der Waals surface area contributed by atoms with Crippen molar-refractivity contribution in [3.05, 3.63) is 23.9 Å². The van der Waals surface area contributed by atoms with Gasteiger partial charge in [0.25, 0.3) is 0 Å². The number of nitrogens with two attached hydrogens (primary N) is 1. The maximum Gasteiger partial charge on any atom is 0.356 e. The fourth-order valence-electron chi connectivity index (χ4n) is 1.83. The van der Waals surface area contributed by atoms with Crippen LogP contribution in [0.4, 0.5) is 0 Å². The minimum absolute atomic E-state index is 0.398. The van der Waals surface area contributed by atoms with Crippen molar-refractivity contribution in [3.8, 4) is 5.75 Å². The van der Waals surface area contributed by atoms with E-state index in [1.165, 1.54) is 7.11 Å². The molecule has 0 atom stereocenters. The number of hydrogen-bond donors (Lipinski definition) is 1.